The number of carbonyl (C=O) groups excluding carboxylic acids is 1. The number of carbonyl (C=O) groups is 2. The normalized spacial score (nSPS) is 13.2. The number of rotatable bonds is 22. The molecule has 0 fully saturated rings. The lowest BCUT2D eigenvalue weighted by Gasteiger charge is -2.32. The van der Waals surface area contributed by atoms with Gasteiger partial charge in [0.1, 0.15) is 0 Å². The van der Waals surface area contributed by atoms with E-state index in [0.717, 1.165) is 32.1 Å². The third-order valence-corrected chi connectivity index (χ3v) is 6.45. The first kappa shape index (κ1) is 28.9. The summed E-state index contributed by atoms with van der Waals surface area (Å²) in [7, 11) is 0. The fraction of sp³-hybridized carbons (Fsp3) is 0.923. The Morgan fingerprint density at radius 3 is 1.60 bits per heavy atom. The van der Waals surface area contributed by atoms with Crippen LogP contribution in [0.15, 0.2) is 0 Å². The van der Waals surface area contributed by atoms with Crippen LogP contribution < -0.4 is 0 Å². The van der Waals surface area contributed by atoms with Crippen LogP contribution in [0.25, 0.3) is 0 Å². The zero-order chi connectivity index (χ0) is 22.5. The largest absolute Gasteiger partial charge is 0.481 e. The molecule has 0 aliphatic rings. The molecule has 0 aliphatic carbocycles. The predicted octanol–water partition coefficient (Wildman–Crippen LogP) is 8.07. The maximum Gasteiger partial charge on any atom is 0.306 e. The third kappa shape index (κ3) is 16.7. The fourth-order valence-corrected chi connectivity index (χ4v) is 4.13. The van der Waals surface area contributed by atoms with Gasteiger partial charge in [0.05, 0.1) is 19.4 Å². The van der Waals surface area contributed by atoms with Gasteiger partial charge in [-0.1, -0.05) is 111 Å². The fourth-order valence-electron chi connectivity index (χ4n) is 4.13. The second-order valence-electron chi connectivity index (χ2n) is 9.15. The molecule has 0 bridgehead atoms. The molecule has 178 valence electrons. The van der Waals surface area contributed by atoms with E-state index in [-0.39, 0.29) is 24.2 Å². The van der Waals surface area contributed by atoms with E-state index in [2.05, 4.69) is 20.8 Å². The first-order valence-electron chi connectivity index (χ1n) is 12.9. The molecule has 1 unspecified atom stereocenters. The monoisotopic (exact) mass is 426 g/mol. The van der Waals surface area contributed by atoms with Crippen LogP contribution in [0.4, 0.5) is 0 Å². The van der Waals surface area contributed by atoms with Gasteiger partial charge in [0, 0.05) is 5.41 Å². The van der Waals surface area contributed by atoms with Gasteiger partial charge >= 0.3 is 11.9 Å². The number of hydrogen-bond acceptors (Lipinski definition) is 3. The van der Waals surface area contributed by atoms with Crippen molar-refractivity contribution in [2.45, 2.75) is 143 Å². The Hall–Kier alpha value is -1.06. The molecule has 4 nitrogen and oxygen atoms in total. The molecule has 30 heavy (non-hydrogen) atoms. The summed E-state index contributed by atoms with van der Waals surface area (Å²) in [6.07, 6.45) is 21.5. The standard InChI is InChI=1S/C26H50O4/c1-4-7-9-10-11-12-13-14-15-16-17-18-22-26(6-3,21-8-5-2)23-30-25(29)20-19-24(27)28/h4-23H2,1-3H3,(H,27,28). The van der Waals surface area contributed by atoms with Crippen LogP contribution in [-0.2, 0) is 14.3 Å². The van der Waals surface area contributed by atoms with E-state index >= 15 is 0 Å². The number of unbranched alkanes of at least 4 members (excludes halogenated alkanes) is 12. The SMILES string of the molecule is CCCCCCCCCCCCCCC(CC)(CCCC)COC(=O)CCC(=O)O. The Morgan fingerprint density at radius 1 is 0.667 bits per heavy atom. The van der Waals surface area contributed by atoms with Crippen molar-refractivity contribution < 1.29 is 19.4 Å². The minimum atomic E-state index is -0.948. The molecule has 0 aromatic carbocycles. The van der Waals surface area contributed by atoms with Gasteiger partial charge in [-0.05, 0) is 19.3 Å². The van der Waals surface area contributed by atoms with Crippen LogP contribution >= 0.6 is 0 Å². The Kier molecular flexibility index (Phi) is 19.2. The second kappa shape index (κ2) is 19.9. The smallest absolute Gasteiger partial charge is 0.306 e. The minimum absolute atomic E-state index is 0.0263. The van der Waals surface area contributed by atoms with Crippen LogP contribution in [0.5, 0.6) is 0 Å². The number of hydrogen-bond donors (Lipinski definition) is 1. The van der Waals surface area contributed by atoms with Crippen LogP contribution in [0.2, 0.25) is 0 Å². The van der Waals surface area contributed by atoms with Crippen molar-refractivity contribution in [1.82, 2.24) is 0 Å². The van der Waals surface area contributed by atoms with Crippen molar-refractivity contribution in [1.29, 1.82) is 0 Å². The highest BCUT2D eigenvalue weighted by Crippen LogP contribution is 2.35. The third-order valence-electron chi connectivity index (χ3n) is 6.45. The van der Waals surface area contributed by atoms with Gasteiger partial charge in [-0.2, -0.15) is 0 Å². The van der Waals surface area contributed by atoms with E-state index in [1.165, 1.54) is 77.0 Å². The van der Waals surface area contributed by atoms with E-state index in [0.29, 0.717) is 6.61 Å². The highest BCUT2D eigenvalue weighted by atomic mass is 16.5. The average molecular weight is 427 g/mol. The molecule has 0 aliphatic heterocycles. The summed E-state index contributed by atoms with van der Waals surface area (Å²) in [6.45, 7) is 7.10. The van der Waals surface area contributed by atoms with Gasteiger partial charge < -0.3 is 9.84 Å². The van der Waals surface area contributed by atoms with Crippen molar-refractivity contribution in [2.24, 2.45) is 5.41 Å². The van der Waals surface area contributed by atoms with Gasteiger partial charge in [0.2, 0.25) is 0 Å². The molecule has 0 heterocycles. The average Bonchev–Trinajstić information content (AvgIpc) is 2.74. The lowest BCUT2D eigenvalue weighted by atomic mass is 9.76. The number of ether oxygens (including phenoxy) is 1. The molecule has 0 saturated carbocycles. The Labute approximate surface area is 186 Å². The van der Waals surface area contributed by atoms with Gasteiger partial charge in [-0.25, -0.2) is 0 Å². The molecular weight excluding hydrogens is 376 g/mol. The van der Waals surface area contributed by atoms with Crippen LogP contribution in [0.3, 0.4) is 0 Å². The van der Waals surface area contributed by atoms with Crippen LogP contribution in [0.1, 0.15) is 143 Å². The first-order chi connectivity index (χ1) is 14.5. The summed E-state index contributed by atoms with van der Waals surface area (Å²) in [5.41, 5.74) is 0.0629. The Bertz CT molecular complexity index is 421. The maximum absolute atomic E-state index is 11.9. The Morgan fingerprint density at radius 2 is 1.13 bits per heavy atom. The molecule has 0 amide bonds. The van der Waals surface area contributed by atoms with E-state index in [1.54, 1.807) is 0 Å². The molecular formula is C26H50O4. The zero-order valence-corrected chi connectivity index (χ0v) is 20.3. The lowest BCUT2D eigenvalue weighted by Crippen LogP contribution is -2.28. The summed E-state index contributed by atoms with van der Waals surface area (Å²) in [5.74, 6) is -1.32. The van der Waals surface area contributed by atoms with E-state index in [9.17, 15) is 9.59 Å². The molecule has 0 aromatic heterocycles. The number of esters is 1. The highest BCUT2D eigenvalue weighted by molar-refractivity contribution is 5.76. The number of carboxylic acids is 1. The maximum atomic E-state index is 11.9. The quantitative estimate of drug-likeness (QED) is 0.140. The lowest BCUT2D eigenvalue weighted by molar-refractivity contribution is -0.151. The van der Waals surface area contributed by atoms with Crippen molar-refractivity contribution in [3.8, 4) is 0 Å². The van der Waals surface area contributed by atoms with Gasteiger partial charge in [-0.15, -0.1) is 0 Å². The van der Waals surface area contributed by atoms with Crippen molar-refractivity contribution in [3.05, 3.63) is 0 Å². The molecule has 0 saturated heterocycles. The topological polar surface area (TPSA) is 63.6 Å². The Balaban J connectivity index is 4.04. The number of aliphatic carboxylic acids is 1. The van der Waals surface area contributed by atoms with Gasteiger partial charge in [-0.3, -0.25) is 9.59 Å². The van der Waals surface area contributed by atoms with Gasteiger partial charge in [0.15, 0.2) is 0 Å². The van der Waals surface area contributed by atoms with E-state index < -0.39 is 5.97 Å². The summed E-state index contributed by atoms with van der Waals surface area (Å²) in [6, 6.07) is 0. The van der Waals surface area contributed by atoms with Crippen molar-refractivity contribution >= 4 is 11.9 Å². The van der Waals surface area contributed by atoms with E-state index in [4.69, 9.17) is 9.84 Å². The molecule has 0 spiro atoms. The zero-order valence-electron chi connectivity index (χ0n) is 20.3. The first-order valence-corrected chi connectivity index (χ1v) is 12.9. The molecule has 0 rings (SSSR count). The predicted molar refractivity (Wildman–Crippen MR) is 126 cm³/mol. The summed E-state index contributed by atoms with van der Waals surface area (Å²) in [4.78, 5) is 22.5. The van der Waals surface area contributed by atoms with Crippen LogP contribution in [0, 0.1) is 5.41 Å². The summed E-state index contributed by atoms with van der Waals surface area (Å²) in [5, 5.41) is 8.72. The number of carboxylic acid groups (broad SMARTS) is 1. The van der Waals surface area contributed by atoms with Crippen molar-refractivity contribution in [2.75, 3.05) is 6.61 Å². The van der Waals surface area contributed by atoms with Crippen molar-refractivity contribution in [3.63, 3.8) is 0 Å². The second-order valence-corrected chi connectivity index (χ2v) is 9.15. The van der Waals surface area contributed by atoms with Crippen LogP contribution in [-0.4, -0.2) is 23.7 Å². The molecule has 1 N–H and O–H groups in total. The van der Waals surface area contributed by atoms with Gasteiger partial charge in [0.25, 0.3) is 0 Å². The highest BCUT2D eigenvalue weighted by Gasteiger charge is 2.29. The van der Waals surface area contributed by atoms with E-state index in [1.807, 2.05) is 0 Å². The minimum Gasteiger partial charge on any atom is -0.481 e. The molecule has 1 atom stereocenters. The summed E-state index contributed by atoms with van der Waals surface area (Å²) >= 11 is 0. The molecule has 0 radical (unpaired) electrons. The summed E-state index contributed by atoms with van der Waals surface area (Å²) < 4.78 is 5.50. The molecule has 4 heteroatoms. The molecule has 0 aromatic rings.